The molecule has 7 heteroatoms. The Hall–Kier alpha value is -2.64. The molecule has 4 rings (SSSR count). The second-order valence-corrected chi connectivity index (χ2v) is 8.17. The van der Waals surface area contributed by atoms with Gasteiger partial charge in [0.25, 0.3) is 0 Å². The van der Waals surface area contributed by atoms with Gasteiger partial charge in [-0.2, -0.15) is 12.6 Å². The van der Waals surface area contributed by atoms with E-state index in [1.165, 1.54) is 6.07 Å². The first-order chi connectivity index (χ1) is 14.5. The van der Waals surface area contributed by atoms with E-state index in [1.807, 2.05) is 36.4 Å². The lowest BCUT2D eigenvalue weighted by atomic mass is 10.1. The first-order valence-corrected chi connectivity index (χ1v) is 10.3. The molecule has 0 spiro atoms. The van der Waals surface area contributed by atoms with Crippen LogP contribution in [-0.4, -0.2) is 35.4 Å². The molecule has 1 N–H and O–H groups in total. The van der Waals surface area contributed by atoms with Crippen LogP contribution < -0.4 is 10.1 Å². The maximum Gasteiger partial charge on any atom is 0.415 e. The van der Waals surface area contributed by atoms with Crippen molar-refractivity contribution in [1.29, 1.82) is 0 Å². The monoisotopic (exact) mass is 428 g/mol. The molecule has 3 aromatic carbocycles. The fraction of sp³-hybridized carbons (Fsp3) is 0.261. The van der Waals surface area contributed by atoms with Gasteiger partial charge in [-0.05, 0) is 47.5 Å². The quantitative estimate of drug-likeness (QED) is 0.575. The minimum absolute atomic E-state index is 0.0341. The van der Waals surface area contributed by atoms with Gasteiger partial charge in [0.15, 0.2) is 0 Å². The van der Waals surface area contributed by atoms with Crippen molar-refractivity contribution >= 4 is 29.5 Å². The number of benzene rings is 3. The van der Waals surface area contributed by atoms with Gasteiger partial charge < -0.3 is 15.0 Å². The molecule has 0 aromatic heterocycles. The SMILES string of the molecule is O=C(Oc1ccc2ccccc2c1)N1C[C@H](S)C[C@H]1CNCc1cc(F)ccc1F. The summed E-state index contributed by atoms with van der Waals surface area (Å²) in [6.45, 7) is 1.07. The van der Waals surface area contributed by atoms with E-state index in [0.717, 1.165) is 22.9 Å². The summed E-state index contributed by atoms with van der Waals surface area (Å²) in [7, 11) is 0. The van der Waals surface area contributed by atoms with Gasteiger partial charge >= 0.3 is 6.09 Å². The molecule has 1 amide bonds. The second kappa shape index (κ2) is 9.02. The van der Waals surface area contributed by atoms with Gasteiger partial charge in [0.05, 0.1) is 0 Å². The van der Waals surface area contributed by atoms with E-state index in [9.17, 15) is 13.6 Å². The number of amides is 1. The highest BCUT2D eigenvalue weighted by molar-refractivity contribution is 7.81. The van der Waals surface area contributed by atoms with Crippen molar-refractivity contribution in [3.05, 3.63) is 77.9 Å². The average molecular weight is 429 g/mol. The molecule has 3 aromatic rings. The van der Waals surface area contributed by atoms with Crippen molar-refractivity contribution in [3.8, 4) is 5.75 Å². The number of fused-ring (bicyclic) bond motifs is 1. The predicted octanol–water partition coefficient (Wildman–Crippen LogP) is 4.78. The summed E-state index contributed by atoms with van der Waals surface area (Å²) in [4.78, 5) is 14.4. The van der Waals surface area contributed by atoms with Gasteiger partial charge in [-0.15, -0.1) is 0 Å². The summed E-state index contributed by atoms with van der Waals surface area (Å²) in [6, 6.07) is 16.6. The van der Waals surface area contributed by atoms with Gasteiger partial charge in [0, 0.05) is 36.5 Å². The topological polar surface area (TPSA) is 41.6 Å². The zero-order chi connectivity index (χ0) is 21.1. The average Bonchev–Trinajstić information content (AvgIpc) is 3.11. The molecule has 4 nitrogen and oxygen atoms in total. The van der Waals surface area contributed by atoms with Crippen LogP contribution in [0.15, 0.2) is 60.7 Å². The smallest absolute Gasteiger partial charge is 0.410 e. The number of carbonyl (C=O) groups excluding carboxylic acids is 1. The van der Waals surface area contributed by atoms with Crippen LogP contribution in [0.5, 0.6) is 5.75 Å². The molecule has 0 bridgehead atoms. The Balaban J connectivity index is 1.38. The lowest BCUT2D eigenvalue weighted by Gasteiger charge is -2.24. The van der Waals surface area contributed by atoms with Gasteiger partial charge in [0.2, 0.25) is 0 Å². The third-order valence-electron chi connectivity index (χ3n) is 5.26. The summed E-state index contributed by atoms with van der Waals surface area (Å²) >= 11 is 4.52. The molecular weight excluding hydrogens is 406 g/mol. The lowest BCUT2D eigenvalue weighted by molar-refractivity contribution is 0.146. The van der Waals surface area contributed by atoms with E-state index in [2.05, 4.69) is 17.9 Å². The second-order valence-electron chi connectivity index (χ2n) is 7.44. The largest absolute Gasteiger partial charge is 0.415 e. The van der Waals surface area contributed by atoms with Crippen molar-refractivity contribution in [2.75, 3.05) is 13.1 Å². The van der Waals surface area contributed by atoms with Crippen LogP contribution in [0, 0.1) is 11.6 Å². The number of likely N-dealkylation sites (tertiary alicyclic amines) is 1. The Morgan fingerprint density at radius 1 is 1.10 bits per heavy atom. The molecule has 156 valence electrons. The summed E-state index contributed by atoms with van der Waals surface area (Å²) in [5, 5.41) is 5.21. The number of ether oxygens (including phenoxy) is 1. The Morgan fingerprint density at radius 2 is 1.90 bits per heavy atom. The van der Waals surface area contributed by atoms with E-state index in [0.29, 0.717) is 25.3 Å². The number of hydrogen-bond acceptors (Lipinski definition) is 4. The van der Waals surface area contributed by atoms with Crippen molar-refractivity contribution in [2.45, 2.75) is 24.3 Å². The Morgan fingerprint density at radius 3 is 2.73 bits per heavy atom. The minimum Gasteiger partial charge on any atom is -0.410 e. The molecule has 2 atom stereocenters. The highest BCUT2D eigenvalue weighted by atomic mass is 32.1. The van der Waals surface area contributed by atoms with Crippen molar-refractivity contribution in [1.82, 2.24) is 10.2 Å². The Labute approximate surface area is 179 Å². The molecule has 1 heterocycles. The van der Waals surface area contributed by atoms with Gasteiger partial charge in [-0.3, -0.25) is 0 Å². The summed E-state index contributed by atoms with van der Waals surface area (Å²) in [5.74, 6) is -0.463. The summed E-state index contributed by atoms with van der Waals surface area (Å²) < 4.78 is 32.7. The maximum absolute atomic E-state index is 13.8. The maximum atomic E-state index is 13.8. The normalized spacial score (nSPS) is 18.7. The lowest BCUT2D eigenvalue weighted by Crippen LogP contribution is -2.43. The number of rotatable bonds is 5. The van der Waals surface area contributed by atoms with E-state index < -0.39 is 17.7 Å². The highest BCUT2D eigenvalue weighted by Crippen LogP contribution is 2.25. The summed E-state index contributed by atoms with van der Waals surface area (Å²) in [5.41, 5.74) is 0.251. The van der Waals surface area contributed by atoms with E-state index in [4.69, 9.17) is 4.74 Å². The molecule has 1 aliphatic rings. The molecule has 1 saturated heterocycles. The zero-order valence-corrected chi connectivity index (χ0v) is 17.1. The molecule has 1 fully saturated rings. The summed E-state index contributed by atoms with van der Waals surface area (Å²) in [6.07, 6.45) is 0.250. The number of nitrogens with zero attached hydrogens (tertiary/aromatic N) is 1. The van der Waals surface area contributed by atoms with Crippen LogP contribution in [0.4, 0.5) is 13.6 Å². The number of carbonyl (C=O) groups is 1. The van der Waals surface area contributed by atoms with Crippen molar-refractivity contribution in [3.63, 3.8) is 0 Å². The van der Waals surface area contributed by atoms with Crippen LogP contribution in [0.3, 0.4) is 0 Å². The van der Waals surface area contributed by atoms with Gasteiger partial charge in [-0.1, -0.05) is 30.3 Å². The fourth-order valence-electron chi connectivity index (χ4n) is 3.75. The predicted molar refractivity (Wildman–Crippen MR) is 116 cm³/mol. The number of halogens is 2. The van der Waals surface area contributed by atoms with Gasteiger partial charge in [0.1, 0.15) is 17.4 Å². The van der Waals surface area contributed by atoms with E-state index in [1.54, 1.807) is 11.0 Å². The molecule has 0 unspecified atom stereocenters. The number of nitrogens with one attached hydrogen (secondary N) is 1. The highest BCUT2D eigenvalue weighted by Gasteiger charge is 2.34. The van der Waals surface area contributed by atoms with E-state index in [-0.39, 0.29) is 23.4 Å². The van der Waals surface area contributed by atoms with Crippen LogP contribution in [-0.2, 0) is 6.54 Å². The minimum atomic E-state index is -0.481. The molecular formula is C23H22F2N2O2S. The fourth-order valence-corrected chi connectivity index (χ4v) is 4.17. The zero-order valence-electron chi connectivity index (χ0n) is 16.2. The van der Waals surface area contributed by atoms with Crippen LogP contribution in [0.1, 0.15) is 12.0 Å². The number of thiol groups is 1. The molecule has 1 aliphatic heterocycles. The number of hydrogen-bond donors (Lipinski definition) is 2. The van der Waals surface area contributed by atoms with Crippen molar-refractivity contribution in [2.24, 2.45) is 0 Å². The first kappa shape index (κ1) is 20.6. The van der Waals surface area contributed by atoms with E-state index >= 15 is 0 Å². The van der Waals surface area contributed by atoms with Crippen LogP contribution >= 0.6 is 12.6 Å². The Bertz CT molecular complexity index is 1060. The van der Waals surface area contributed by atoms with Crippen molar-refractivity contribution < 1.29 is 18.3 Å². The molecule has 0 aliphatic carbocycles. The van der Waals surface area contributed by atoms with Gasteiger partial charge in [-0.25, -0.2) is 13.6 Å². The first-order valence-electron chi connectivity index (χ1n) is 9.79. The van der Waals surface area contributed by atoms with Crippen LogP contribution in [0.2, 0.25) is 0 Å². The third kappa shape index (κ3) is 4.74. The molecule has 0 saturated carbocycles. The third-order valence-corrected chi connectivity index (χ3v) is 5.63. The Kier molecular flexibility index (Phi) is 6.20. The molecule has 0 radical (unpaired) electrons. The molecule has 30 heavy (non-hydrogen) atoms. The standard InChI is InChI=1S/C23H22F2N2O2S/c24-18-6-8-22(25)17(9-18)12-26-13-19-11-21(30)14-27(19)23(28)29-20-7-5-15-3-1-2-4-16(15)10-20/h1-10,19,21,26,30H,11-14H2/t19-,21+/m0/s1. The van der Waals surface area contributed by atoms with Crippen LogP contribution in [0.25, 0.3) is 10.8 Å².